The van der Waals surface area contributed by atoms with Crippen LogP contribution < -0.4 is 5.73 Å². The average molecular weight is 191 g/mol. The van der Waals surface area contributed by atoms with Gasteiger partial charge in [-0.2, -0.15) is 0 Å². The van der Waals surface area contributed by atoms with Crippen molar-refractivity contribution >= 4 is 17.4 Å². The van der Waals surface area contributed by atoms with E-state index in [0.717, 1.165) is 6.08 Å². The smallest absolute Gasteiger partial charge is 0.353 e. The van der Waals surface area contributed by atoms with E-state index < -0.39 is 11.7 Å². The zero-order valence-corrected chi connectivity index (χ0v) is 7.27. The van der Waals surface area contributed by atoms with Gasteiger partial charge in [-0.1, -0.05) is 0 Å². The van der Waals surface area contributed by atoms with Gasteiger partial charge in [0.05, 0.1) is 0 Å². The van der Waals surface area contributed by atoms with Gasteiger partial charge < -0.3 is 10.8 Å². The largest absolute Gasteiger partial charge is 0.477 e. The number of pyridine rings is 1. The molecule has 0 aliphatic carbocycles. The fraction of sp³-hybridized carbons (Fsp3) is 0. The van der Waals surface area contributed by atoms with Gasteiger partial charge >= 0.3 is 5.97 Å². The minimum Gasteiger partial charge on any atom is -0.477 e. The van der Waals surface area contributed by atoms with Crippen molar-refractivity contribution in [1.82, 2.24) is 4.98 Å². The number of aliphatic carboxylic acids is 1. The Kier molecular flexibility index (Phi) is 2.96. The summed E-state index contributed by atoms with van der Waals surface area (Å²) < 4.78 is 0. The van der Waals surface area contributed by atoms with Crippen LogP contribution in [0.25, 0.3) is 5.70 Å². The van der Waals surface area contributed by atoms with Gasteiger partial charge in [0.25, 0.3) is 0 Å². The average Bonchev–Trinajstić information content (AvgIpc) is 2.19. The third kappa shape index (κ3) is 2.41. The predicted molar refractivity (Wildman–Crippen MR) is 51.8 cm³/mol. The number of aromatic nitrogens is 1. The number of hydrogen-bond acceptors (Lipinski definition) is 4. The van der Waals surface area contributed by atoms with Crippen LogP contribution in [0.1, 0.15) is 5.56 Å². The molecule has 0 saturated carbocycles. The highest BCUT2D eigenvalue weighted by atomic mass is 16.4. The molecular weight excluding hydrogens is 182 g/mol. The van der Waals surface area contributed by atoms with Crippen molar-refractivity contribution in [1.29, 1.82) is 5.41 Å². The Morgan fingerprint density at radius 1 is 1.64 bits per heavy atom. The lowest BCUT2D eigenvalue weighted by molar-refractivity contribution is -0.129. The van der Waals surface area contributed by atoms with Gasteiger partial charge in [-0.25, -0.2) is 4.79 Å². The van der Waals surface area contributed by atoms with Crippen LogP contribution in [0.5, 0.6) is 0 Å². The van der Waals surface area contributed by atoms with Crippen molar-refractivity contribution in [3.8, 4) is 0 Å². The van der Waals surface area contributed by atoms with Crippen molar-refractivity contribution in [3.63, 3.8) is 0 Å². The molecule has 0 unspecified atom stereocenters. The molecule has 1 aromatic heterocycles. The Hall–Kier alpha value is -2.17. The summed E-state index contributed by atoms with van der Waals surface area (Å²) in [5, 5.41) is 15.5. The van der Waals surface area contributed by atoms with E-state index in [9.17, 15) is 4.79 Å². The molecule has 0 amide bonds. The molecule has 1 aromatic rings. The summed E-state index contributed by atoms with van der Waals surface area (Å²) in [5.41, 5.74) is 5.81. The first kappa shape index (κ1) is 9.91. The molecule has 0 atom stereocenters. The van der Waals surface area contributed by atoms with E-state index in [1.165, 1.54) is 6.20 Å². The highest BCUT2D eigenvalue weighted by Gasteiger charge is 2.04. The minimum absolute atomic E-state index is 0.213. The van der Waals surface area contributed by atoms with Crippen LogP contribution in [0.15, 0.2) is 30.6 Å². The van der Waals surface area contributed by atoms with Gasteiger partial charge in [-0.05, 0) is 18.2 Å². The van der Waals surface area contributed by atoms with Crippen LogP contribution in [-0.4, -0.2) is 21.8 Å². The molecule has 0 bridgehead atoms. The van der Waals surface area contributed by atoms with Gasteiger partial charge in [0.2, 0.25) is 0 Å². The van der Waals surface area contributed by atoms with E-state index in [-0.39, 0.29) is 5.70 Å². The summed E-state index contributed by atoms with van der Waals surface area (Å²) in [5.74, 6) is -1.31. The number of hydrogen-bond donors (Lipinski definition) is 3. The minimum atomic E-state index is -1.31. The van der Waals surface area contributed by atoms with Gasteiger partial charge in [0, 0.05) is 23.7 Å². The quantitative estimate of drug-likeness (QED) is 0.605. The lowest BCUT2D eigenvalue weighted by Crippen LogP contribution is -2.10. The fourth-order valence-electron chi connectivity index (χ4n) is 0.834. The number of carboxylic acid groups (broad SMARTS) is 1. The van der Waals surface area contributed by atoms with Crippen LogP contribution in [0.4, 0.5) is 0 Å². The van der Waals surface area contributed by atoms with E-state index in [4.69, 9.17) is 16.2 Å². The maximum Gasteiger partial charge on any atom is 0.353 e. The number of carboxylic acids is 1. The van der Waals surface area contributed by atoms with Crippen LogP contribution >= 0.6 is 0 Å². The summed E-state index contributed by atoms with van der Waals surface area (Å²) in [6.07, 6.45) is 4.17. The van der Waals surface area contributed by atoms with Gasteiger partial charge in [0.15, 0.2) is 0 Å². The molecule has 5 nitrogen and oxygen atoms in total. The molecule has 0 aliphatic rings. The third-order valence-corrected chi connectivity index (χ3v) is 1.53. The van der Waals surface area contributed by atoms with Gasteiger partial charge in [0.1, 0.15) is 5.71 Å². The van der Waals surface area contributed by atoms with Crippen molar-refractivity contribution < 1.29 is 9.90 Å². The first-order chi connectivity index (χ1) is 6.61. The topological polar surface area (TPSA) is 100 Å². The molecule has 72 valence electrons. The van der Waals surface area contributed by atoms with E-state index in [2.05, 4.69) is 4.98 Å². The van der Waals surface area contributed by atoms with Crippen molar-refractivity contribution in [2.75, 3.05) is 0 Å². The summed E-state index contributed by atoms with van der Waals surface area (Å²) in [7, 11) is 0. The molecule has 0 radical (unpaired) electrons. The number of nitrogens with two attached hydrogens (primary N) is 1. The Morgan fingerprint density at radius 3 is 2.86 bits per heavy atom. The Balaban J connectivity index is 2.91. The SMILES string of the molecule is N=C(/C=C(\N)c1cccnc1)C(=O)O. The van der Waals surface area contributed by atoms with Crippen LogP contribution in [-0.2, 0) is 4.79 Å². The second kappa shape index (κ2) is 4.18. The summed E-state index contributed by atoms with van der Waals surface area (Å²) in [6.45, 7) is 0. The summed E-state index contributed by atoms with van der Waals surface area (Å²) >= 11 is 0. The molecule has 0 saturated heterocycles. The Labute approximate surface area is 80.4 Å². The van der Waals surface area contributed by atoms with Crippen LogP contribution in [0, 0.1) is 5.41 Å². The zero-order chi connectivity index (χ0) is 10.6. The second-order valence-electron chi connectivity index (χ2n) is 2.56. The van der Waals surface area contributed by atoms with E-state index in [0.29, 0.717) is 5.56 Å². The molecule has 0 fully saturated rings. The number of nitrogens with one attached hydrogen (secondary N) is 1. The molecule has 4 N–H and O–H groups in total. The Bertz CT molecular complexity index is 384. The molecule has 14 heavy (non-hydrogen) atoms. The van der Waals surface area contributed by atoms with Crippen molar-refractivity contribution in [2.24, 2.45) is 5.73 Å². The van der Waals surface area contributed by atoms with E-state index in [1.54, 1.807) is 18.3 Å². The number of rotatable bonds is 3. The first-order valence-corrected chi connectivity index (χ1v) is 3.80. The number of carbonyl (C=O) groups is 1. The highest BCUT2D eigenvalue weighted by Crippen LogP contribution is 2.05. The lowest BCUT2D eigenvalue weighted by atomic mass is 10.2. The monoisotopic (exact) mass is 191 g/mol. The van der Waals surface area contributed by atoms with Crippen LogP contribution in [0.3, 0.4) is 0 Å². The summed E-state index contributed by atoms with van der Waals surface area (Å²) in [6, 6.07) is 3.37. The molecule has 0 aliphatic heterocycles. The summed E-state index contributed by atoms with van der Waals surface area (Å²) in [4.78, 5) is 14.1. The fourth-order valence-corrected chi connectivity index (χ4v) is 0.834. The normalized spacial score (nSPS) is 11.0. The predicted octanol–water partition coefficient (Wildman–Crippen LogP) is 0.486. The molecule has 0 spiro atoms. The van der Waals surface area contributed by atoms with E-state index >= 15 is 0 Å². The molecule has 1 rings (SSSR count). The first-order valence-electron chi connectivity index (χ1n) is 3.80. The zero-order valence-electron chi connectivity index (χ0n) is 7.27. The van der Waals surface area contributed by atoms with Gasteiger partial charge in [-0.15, -0.1) is 0 Å². The van der Waals surface area contributed by atoms with Crippen LogP contribution in [0.2, 0.25) is 0 Å². The molecular formula is C9H9N3O2. The Morgan fingerprint density at radius 2 is 2.36 bits per heavy atom. The standard InChI is InChI=1S/C9H9N3O2/c10-7(4-8(11)9(13)14)6-2-1-3-12-5-6/h1-5,11H,10H2,(H,13,14)/b7-4-,11-8?. The van der Waals surface area contributed by atoms with Crippen molar-refractivity contribution in [3.05, 3.63) is 36.2 Å². The maximum absolute atomic E-state index is 10.3. The second-order valence-corrected chi connectivity index (χ2v) is 2.56. The number of nitrogens with zero attached hydrogens (tertiary/aromatic N) is 1. The highest BCUT2D eigenvalue weighted by molar-refractivity contribution is 6.40. The van der Waals surface area contributed by atoms with Gasteiger partial charge in [-0.3, -0.25) is 10.4 Å². The third-order valence-electron chi connectivity index (χ3n) is 1.53. The molecule has 5 heteroatoms. The van der Waals surface area contributed by atoms with E-state index in [1.807, 2.05) is 0 Å². The van der Waals surface area contributed by atoms with Crippen molar-refractivity contribution in [2.45, 2.75) is 0 Å². The maximum atomic E-state index is 10.3. The lowest BCUT2D eigenvalue weighted by Gasteiger charge is -1.99. The molecule has 1 heterocycles. The molecule has 0 aromatic carbocycles.